The van der Waals surface area contributed by atoms with Crippen LogP contribution < -0.4 is 4.74 Å². The van der Waals surface area contributed by atoms with Crippen LogP contribution >= 0.6 is 15.9 Å². The van der Waals surface area contributed by atoms with Crippen LogP contribution in [0.5, 0.6) is 5.75 Å². The second-order valence-corrected chi connectivity index (χ2v) is 4.13. The van der Waals surface area contributed by atoms with Crippen LogP contribution in [0.2, 0.25) is 0 Å². The van der Waals surface area contributed by atoms with Crippen molar-refractivity contribution in [1.82, 2.24) is 9.78 Å². The maximum atomic E-state index is 10.7. The van der Waals surface area contributed by atoms with E-state index in [1.165, 1.54) is 13.2 Å². The van der Waals surface area contributed by atoms with E-state index in [-0.39, 0.29) is 11.4 Å². The maximum Gasteiger partial charge on any atom is 0.311 e. The fraction of sp³-hybridized carbons (Fsp3) is 0.100. The third-order valence-corrected chi connectivity index (χ3v) is 2.59. The molecule has 88 valence electrons. The third kappa shape index (κ3) is 2.28. The number of aromatic nitrogens is 2. The molecule has 6 nitrogen and oxygen atoms in total. The van der Waals surface area contributed by atoms with Gasteiger partial charge in [-0.05, 0) is 22.0 Å². The van der Waals surface area contributed by atoms with E-state index in [9.17, 15) is 10.1 Å². The van der Waals surface area contributed by atoms with Gasteiger partial charge in [-0.2, -0.15) is 5.10 Å². The first-order chi connectivity index (χ1) is 8.11. The number of nitrogens with zero attached hydrogens (tertiary/aromatic N) is 3. The topological polar surface area (TPSA) is 70.2 Å². The van der Waals surface area contributed by atoms with Crippen molar-refractivity contribution >= 4 is 21.6 Å². The van der Waals surface area contributed by atoms with Gasteiger partial charge in [0.25, 0.3) is 0 Å². The third-order valence-electron chi connectivity index (χ3n) is 2.18. The molecule has 0 fully saturated rings. The molecule has 7 heteroatoms. The summed E-state index contributed by atoms with van der Waals surface area (Å²) in [7, 11) is 1.39. The summed E-state index contributed by atoms with van der Waals surface area (Å²) in [6.45, 7) is 0. The quantitative estimate of drug-likeness (QED) is 0.645. The minimum Gasteiger partial charge on any atom is -0.490 e. The Morgan fingerprint density at radius 2 is 2.29 bits per heavy atom. The van der Waals surface area contributed by atoms with Gasteiger partial charge >= 0.3 is 5.69 Å². The Balaban J connectivity index is 2.48. The number of ether oxygens (including phenoxy) is 1. The first kappa shape index (κ1) is 11.6. The zero-order valence-corrected chi connectivity index (χ0v) is 10.4. The molecule has 0 aliphatic rings. The fourth-order valence-electron chi connectivity index (χ4n) is 1.40. The predicted octanol–water partition coefficient (Wildman–Crippen LogP) is 2.55. The van der Waals surface area contributed by atoms with Gasteiger partial charge in [-0.25, -0.2) is 4.68 Å². The second-order valence-electron chi connectivity index (χ2n) is 3.22. The lowest BCUT2D eigenvalue weighted by Gasteiger charge is -2.05. The number of benzene rings is 1. The summed E-state index contributed by atoms with van der Waals surface area (Å²) in [6, 6.07) is 4.57. The summed E-state index contributed by atoms with van der Waals surface area (Å²) in [4.78, 5) is 10.2. The Morgan fingerprint density at radius 3 is 2.82 bits per heavy atom. The molecule has 0 saturated heterocycles. The summed E-state index contributed by atoms with van der Waals surface area (Å²) >= 11 is 3.28. The van der Waals surface area contributed by atoms with Crippen LogP contribution in [0, 0.1) is 10.1 Å². The number of hydrogen-bond acceptors (Lipinski definition) is 4. The first-order valence-corrected chi connectivity index (χ1v) is 5.44. The van der Waals surface area contributed by atoms with Crippen molar-refractivity contribution in [3.63, 3.8) is 0 Å². The number of hydrogen-bond donors (Lipinski definition) is 0. The fourth-order valence-corrected chi connectivity index (χ4v) is 1.69. The molecular weight excluding hydrogens is 290 g/mol. The van der Waals surface area contributed by atoms with Gasteiger partial charge in [0.1, 0.15) is 0 Å². The molecule has 2 rings (SSSR count). The molecule has 1 aromatic carbocycles. The van der Waals surface area contributed by atoms with Gasteiger partial charge in [-0.3, -0.25) is 10.1 Å². The standard InChI is InChI=1S/C10H8BrN3O3/c1-17-10-4-8(2-3-9(10)14(15)16)13-6-7(11)5-12-13/h2-6H,1H3. The maximum absolute atomic E-state index is 10.7. The van der Waals surface area contributed by atoms with Crippen LogP contribution in [0.1, 0.15) is 0 Å². The molecular formula is C10H8BrN3O3. The molecule has 2 aromatic rings. The molecule has 0 spiro atoms. The molecule has 0 radical (unpaired) electrons. The zero-order chi connectivity index (χ0) is 12.4. The minimum atomic E-state index is -0.485. The van der Waals surface area contributed by atoms with Gasteiger partial charge in [0.05, 0.1) is 28.4 Å². The van der Waals surface area contributed by atoms with Crippen molar-refractivity contribution in [2.45, 2.75) is 0 Å². The van der Waals surface area contributed by atoms with Crippen molar-refractivity contribution in [3.8, 4) is 11.4 Å². The van der Waals surface area contributed by atoms with E-state index < -0.39 is 4.92 Å². The molecule has 0 aliphatic carbocycles. The smallest absolute Gasteiger partial charge is 0.311 e. The Morgan fingerprint density at radius 1 is 1.53 bits per heavy atom. The van der Waals surface area contributed by atoms with Crippen molar-refractivity contribution in [2.75, 3.05) is 7.11 Å². The Kier molecular flexibility index (Phi) is 3.10. The van der Waals surface area contributed by atoms with Crippen molar-refractivity contribution in [1.29, 1.82) is 0 Å². The lowest BCUT2D eigenvalue weighted by molar-refractivity contribution is -0.385. The van der Waals surface area contributed by atoms with Gasteiger partial charge < -0.3 is 4.74 Å². The van der Waals surface area contributed by atoms with E-state index in [1.807, 2.05) is 0 Å². The van der Waals surface area contributed by atoms with Crippen LogP contribution in [-0.4, -0.2) is 21.8 Å². The number of nitro benzene ring substituents is 1. The van der Waals surface area contributed by atoms with Crippen LogP contribution in [0.15, 0.2) is 35.1 Å². The van der Waals surface area contributed by atoms with Gasteiger partial charge in [0.15, 0.2) is 5.75 Å². The monoisotopic (exact) mass is 297 g/mol. The molecule has 0 N–H and O–H groups in total. The second kappa shape index (κ2) is 4.54. The van der Waals surface area contributed by atoms with Crippen LogP contribution in [-0.2, 0) is 0 Å². The average Bonchev–Trinajstić information content (AvgIpc) is 2.75. The van der Waals surface area contributed by atoms with Crippen LogP contribution in [0.4, 0.5) is 5.69 Å². The minimum absolute atomic E-state index is 0.0672. The van der Waals surface area contributed by atoms with Gasteiger partial charge in [-0.15, -0.1) is 0 Å². The lowest BCUT2D eigenvalue weighted by atomic mass is 10.2. The molecule has 0 atom stereocenters. The highest BCUT2D eigenvalue weighted by atomic mass is 79.9. The van der Waals surface area contributed by atoms with E-state index >= 15 is 0 Å². The molecule has 1 heterocycles. The molecule has 0 amide bonds. The zero-order valence-electron chi connectivity index (χ0n) is 8.83. The summed E-state index contributed by atoms with van der Waals surface area (Å²) in [5.41, 5.74) is 0.626. The Labute approximate surface area is 105 Å². The van der Waals surface area contributed by atoms with Crippen molar-refractivity contribution < 1.29 is 9.66 Å². The van der Waals surface area contributed by atoms with Crippen molar-refractivity contribution in [2.24, 2.45) is 0 Å². The summed E-state index contributed by atoms with van der Waals surface area (Å²) < 4.78 is 7.40. The van der Waals surface area contributed by atoms with Crippen LogP contribution in [0.3, 0.4) is 0 Å². The highest BCUT2D eigenvalue weighted by Gasteiger charge is 2.15. The van der Waals surface area contributed by atoms with Gasteiger partial charge in [0, 0.05) is 18.3 Å². The Hall–Kier alpha value is -1.89. The molecule has 0 saturated carbocycles. The number of halogens is 1. The summed E-state index contributed by atoms with van der Waals surface area (Å²) in [5.74, 6) is 0.208. The summed E-state index contributed by atoms with van der Waals surface area (Å²) in [6.07, 6.45) is 3.38. The first-order valence-electron chi connectivity index (χ1n) is 4.65. The predicted molar refractivity (Wildman–Crippen MR) is 64.5 cm³/mol. The molecule has 1 aromatic heterocycles. The normalized spacial score (nSPS) is 10.2. The van der Waals surface area contributed by atoms with Crippen molar-refractivity contribution in [3.05, 3.63) is 45.2 Å². The van der Waals surface area contributed by atoms with Crippen LogP contribution in [0.25, 0.3) is 5.69 Å². The number of nitro groups is 1. The van der Waals surface area contributed by atoms with Gasteiger partial charge in [0.2, 0.25) is 0 Å². The van der Waals surface area contributed by atoms with Gasteiger partial charge in [-0.1, -0.05) is 0 Å². The highest BCUT2D eigenvalue weighted by molar-refractivity contribution is 9.10. The molecule has 0 unspecified atom stereocenters. The average molecular weight is 298 g/mol. The molecule has 0 bridgehead atoms. The van der Waals surface area contributed by atoms with E-state index in [2.05, 4.69) is 21.0 Å². The Bertz CT molecular complexity index is 568. The summed E-state index contributed by atoms with van der Waals surface area (Å²) in [5, 5.41) is 14.8. The molecule has 0 aliphatic heterocycles. The highest BCUT2D eigenvalue weighted by Crippen LogP contribution is 2.29. The number of methoxy groups -OCH3 is 1. The lowest BCUT2D eigenvalue weighted by Crippen LogP contribution is -1.98. The van der Waals surface area contributed by atoms with E-state index in [4.69, 9.17) is 4.74 Å². The number of rotatable bonds is 3. The SMILES string of the molecule is COc1cc(-n2cc(Br)cn2)ccc1[N+](=O)[O-]. The largest absolute Gasteiger partial charge is 0.490 e. The van der Waals surface area contributed by atoms with E-state index in [1.54, 1.807) is 29.2 Å². The van der Waals surface area contributed by atoms with E-state index in [0.29, 0.717) is 5.69 Å². The van der Waals surface area contributed by atoms with E-state index in [0.717, 1.165) is 4.47 Å². The molecule has 17 heavy (non-hydrogen) atoms.